The third kappa shape index (κ3) is 5.36. The smallest absolute Gasteiger partial charge is 0.252 e. The molecule has 1 N–H and O–H groups in total. The van der Waals surface area contributed by atoms with E-state index in [0.29, 0.717) is 11.8 Å². The topological polar surface area (TPSA) is 32.3 Å². The van der Waals surface area contributed by atoms with Crippen molar-refractivity contribution in [1.29, 1.82) is 0 Å². The SMILES string of the molecule is CC(C)Sc1ccccc1C(=O)NCc1ccc(CN2CCCC2)cc1. The Hall–Kier alpha value is -1.78. The number of benzene rings is 2. The quantitative estimate of drug-likeness (QED) is 0.718. The standard InChI is InChI=1S/C22H28N2OS/c1-17(2)26-21-8-4-3-7-20(21)22(25)23-15-18-9-11-19(12-10-18)16-24-13-5-6-14-24/h3-4,7-12,17H,5-6,13-16H2,1-2H3,(H,23,25). The summed E-state index contributed by atoms with van der Waals surface area (Å²) in [5.41, 5.74) is 3.25. The van der Waals surface area contributed by atoms with Gasteiger partial charge in [-0.2, -0.15) is 0 Å². The van der Waals surface area contributed by atoms with E-state index in [9.17, 15) is 4.79 Å². The van der Waals surface area contributed by atoms with Crippen LogP contribution in [0.5, 0.6) is 0 Å². The Morgan fingerprint density at radius 3 is 2.38 bits per heavy atom. The van der Waals surface area contributed by atoms with Crippen LogP contribution in [0.1, 0.15) is 48.2 Å². The number of hydrogen-bond donors (Lipinski definition) is 1. The zero-order chi connectivity index (χ0) is 18.4. The highest BCUT2D eigenvalue weighted by atomic mass is 32.2. The van der Waals surface area contributed by atoms with Crippen LogP contribution in [0, 0.1) is 0 Å². The Morgan fingerprint density at radius 1 is 1.04 bits per heavy atom. The fourth-order valence-electron chi connectivity index (χ4n) is 3.25. The third-order valence-electron chi connectivity index (χ3n) is 4.58. The molecule has 1 fully saturated rings. The molecule has 138 valence electrons. The number of carbonyl (C=O) groups excluding carboxylic acids is 1. The first-order valence-corrected chi connectivity index (χ1v) is 10.3. The lowest BCUT2D eigenvalue weighted by Crippen LogP contribution is -2.23. The van der Waals surface area contributed by atoms with Crippen LogP contribution >= 0.6 is 11.8 Å². The van der Waals surface area contributed by atoms with Crippen molar-refractivity contribution in [3.05, 3.63) is 65.2 Å². The van der Waals surface area contributed by atoms with Crippen LogP contribution in [0.15, 0.2) is 53.4 Å². The van der Waals surface area contributed by atoms with Crippen LogP contribution in [0.25, 0.3) is 0 Å². The maximum absolute atomic E-state index is 12.6. The van der Waals surface area contributed by atoms with E-state index >= 15 is 0 Å². The number of likely N-dealkylation sites (tertiary alicyclic amines) is 1. The highest BCUT2D eigenvalue weighted by molar-refractivity contribution is 8.00. The first-order valence-electron chi connectivity index (χ1n) is 9.46. The Bertz CT molecular complexity index is 721. The van der Waals surface area contributed by atoms with Gasteiger partial charge in [0.05, 0.1) is 5.56 Å². The van der Waals surface area contributed by atoms with Crippen LogP contribution in [0.3, 0.4) is 0 Å². The number of thioether (sulfide) groups is 1. The van der Waals surface area contributed by atoms with Gasteiger partial charge in [-0.15, -0.1) is 11.8 Å². The molecule has 1 aliphatic rings. The van der Waals surface area contributed by atoms with Crippen LogP contribution in [-0.4, -0.2) is 29.1 Å². The van der Waals surface area contributed by atoms with Gasteiger partial charge in [0.2, 0.25) is 0 Å². The van der Waals surface area contributed by atoms with Gasteiger partial charge in [0, 0.05) is 23.2 Å². The minimum Gasteiger partial charge on any atom is -0.348 e. The predicted molar refractivity (Wildman–Crippen MR) is 110 cm³/mol. The second kappa shape index (κ2) is 9.24. The largest absolute Gasteiger partial charge is 0.348 e. The summed E-state index contributed by atoms with van der Waals surface area (Å²) in [6.07, 6.45) is 2.64. The fourth-order valence-corrected chi connectivity index (χ4v) is 4.20. The van der Waals surface area contributed by atoms with Crippen molar-refractivity contribution >= 4 is 17.7 Å². The van der Waals surface area contributed by atoms with Crippen LogP contribution in [0.2, 0.25) is 0 Å². The molecule has 0 unspecified atom stereocenters. The summed E-state index contributed by atoms with van der Waals surface area (Å²) in [6.45, 7) is 8.30. The number of rotatable bonds is 7. The van der Waals surface area contributed by atoms with Gasteiger partial charge in [0.25, 0.3) is 5.91 Å². The molecule has 0 spiro atoms. The van der Waals surface area contributed by atoms with Gasteiger partial charge in [0.1, 0.15) is 0 Å². The second-order valence-electron chi connectivity index (χ2n) is 7.15. The number of carbonyl (C=O) groups is 1. The van der Waals surface area contributed by atoms with E-state index in [1.165, 1.54) is 31.5 Å². The normalized spacial score (nSPS) is 14.7. The van der Waals surface area contributed by atoms with E-state index in [-0.39, 0.29) is 5.91 Å². The molecule has 0 atom stereocenters. The van der Waals surface area contributed by atoms with E-state index in [4.69, 9.17) is 0 Å². The van der Waals surface area contributed by atoms with Crippen molar-refractivity contribution in [2.45, 2.75) is 49.9 Å². The van der Waals surface area contributed by atoms with Crippen molar-refractivity contribution in [3.63, 3.8) is 0 Å². The molecular formula is C22H28N2OS. The second-order valence-corrected chi connectivity index (χ2v) is 8.76. The van der Waals surface area contributed by atoms with E-state index in [2.05, 4.69) is 48.3 Å². The Balaban J connectivity index is 1.56. The molecule has 1 saturated heterocycles. The lowest BCUT2D eigenvalue weighted by molar-refractivity contribution is 0.0948. The van der Waals surface area contributed by atoms with Crippen LogP contribution in [0.4, 0.5) is 0 Å². The highest BCUT2D eigenvalue weighted by Gasteiger charge is 2.13. The van der Waals surface area contributed by atoms with Crippen LogP contribution < -0.4 is 5.32 Å². The summed E-state index contributed by atoms with van der Waals surface area (Å²) in [4.78, 5) is 16.1. The molecule has 0 aromatic heterocycles. The molecular weight excluding hydrogens is 340 g/mol. The first kappa shape index (κ1) is 19.0. The molecule has 1 amide bonds. The predicted octanol–water partition coefficient (Wildman–Crippen LogP) is 4.71. The molecule has 0 bridgehead atoms. The lowest BCUT2D eigenvalue weighted by Gasteiger charge is -2.15. The Morgan fingerprint density at radius 2 is 1.69 bits per heavy atom. The molecule has 26 heavy (non-hydrogen) atoms. The molecule has 2 aromatic rings. The van der Waals surface area contributed by atoms with Crippen molar-refractivity contribution in [2.75, 3.05) is 13.1 Å². The maximum Gasteiger partial charge on any atom is 0.252 e. The third-order valence-corrected chi connectivity index (χ3v) is 5.66. The van der Waals surface area contributed by atoms with E-state index < -0.39 is 0 Å². The van der Waals surface area contributed by atoms with Crippen molar-refractivity contribution in [1.82, 2.24) is 10.2 Å². The summed E-state index contributed by atoms with van der Waals surface area (Å²) in [5.74, 6) is -0.00473. The van der Waals surface area contributed by atoms with Gasteiger partial charge in [-0.1, -0.05) is 50.2 Å². The van der Waals surface area contributed by atoms with Gasteiger partial charge < -0.3 is 5.32 Å². The minimum atomic E-state index is -0.00473. The zero-order valence-electron chi connectivity index (χ0n) is 15.7. The number of nitrogens with one attached hydrogen (secondary N) is 1. The van der Waals surface area contributed by atoms with Crippen molar-refractivity contribution < 1.29 is 4.79 Å². The van der Waals surface area contributed by atoms with Gasteiger partial charge in [-0.25, -0.2) is 0 Å². The van der Waals surface area contributed by atoms with Crippen molar-refractivity contribution in [3.8, 4) is 0 Å². The lowest BCUT2D eigenvalue weighted by atomic mass is 10.1. The van der Waals surface area contributed by atoms with E-state index in [1.807, 2.05) is 24.3 Å². The van der Waals surface area contributed by atoms with Gasteiger partial charge in [-0.05, 0) is 49.2 Å². The summed E-state index contributed by atoms with van der Waals surface area (Å²) in [5, 5.41) is 3.51. The zero-order valence-corrected chi connectivity index (χ0v) is 16.5. The van der Waals surface area contributed by atoms with Gasteiger partial charge in [-0.3, -0.25) is 9.69 Å². The summed E-state index contributed by atoms with van der Waals surface area (Å²) >= 11 is 1.73. The molecule has 0 aliphatic carbocycles. The highest BCUT2D eigenvalue weighted by Crippen LogP contribution is 2.26. The summed E-state index contributed by atoms with van der Waals surface area (Å²) in [7, 11) is 0. The number of hydrogen-bond acceptors (Lipinski definition) is 3. The van der Waals surface area contributed by atoms with E-state index in [0.717, 1.165) is 22.6 Å². The van der Waals surface area contributed by atoms with Gasteiger partial charge in [0.15, 0.2) is 0 Å². The molecule has 2 aromatic carbocycles. The van der Waals surface area contributed by atoms with E-state index in [1.54, 1.807) is 11.8 Å². The average molecular weight is 369 g/mol. The Labute approximate surface area is 161 Å². The first-order chi connectivity index (χ1) is 12.6. The summed E-state index contributed by atoms with van der Waals surface area (Å²) < 4.78 is 0. The molecule has 1 aliphatic heterocycles. The minimum absolute atomic E-state index is 0.00473. The van der Waals surface area contributed by atoms with Crippen LogP contribution in [-0.2, 0) is 13.1 Å². The molecule has 0 saturated carbocycles. The van der Waals surface area contributed by atoms with Crippen molar-refractivity contribution in [2.24, 2.45) is 0 Å². The fraction of sp³-hybridized carbons (Fsp3) is 0.409. The monoisotopic (exact) mass is 368 g/mol. The molecule has 3 nitrogen and oxygen atoms in total. The Kier molecular flexibility index (Phi) is 6.75. The molecule has 3 rings (SSSR count). The molecule has 4 heteroatoms. The number of amides is 1. The summed E-state index contributed by atoms with van der Waals surface area (Å²) in [6, 6.07) is 16.4. The average Bonchev–Trinajstić information content (AvgIpc) is 3.14. The maximum atomic E-state index is 12.6. The molecule has 1 heterocycles. The van der Waals surface area contributed by atoms with Gasteiger partial charge >= 0.3 is 0 Å². The molecule has 0 radical (unpaired) electrons. The number of nitrogens with zero attached hydrogens (tertiary/aromatic N) is 1.